The number of nitrogens with one attached hydrogen (secondary N) is 2. The van der Waals surface area contributed by atoms with Gasteiger partial charge in [0.15, 0.2) is 16.6 Å². The highest BCUT2D eigenvalue weighted by atomic mass is 35.5. The summed E-state index contributed by atoms with van der Waals surface area (Å²) in [6.45, 7) is 2.54. The number of nitrogens with zero attached hydrogens (tertiary/aromatic N) is 5. The normalized spacial score (nSPS) is 17.6. The molecule has 0 saturated carbocycles. The predicted molar refractivity (Wildman–Crippen MR) is 126 cm³/mol. The average Bonchev–Trinajstić information content (AvgIpc) is 3.39. The highest BCUT2D eigenvalue weighted by Gasteiger charge is 2.34. The summed E-state index contributed by atoms with van der Waals surface area (Å²) >= 11 is 7.16. The van der Waals surface area contributed by atoms with Crippen LogP contribution in [0.25, 0.3) is 11.5 Å². The van der Waals surface area contributed by atoms with Crippen molar-refractivity contribution in [2.75, 3.05) is 25.1 Å². The number of aryl methyl sites for hydroxylation is 1. The van der Waals surface area contributed by atoms with Gasteiger partial charge in [-0.1, -0.05) is 22.9 Å². The maximum Gasteiger partial charge on any atom is 0.512 e. The van der Waals surface area contributed by atoms with Crippen molar-refractivity contribution in [1.29, 1.82) is 5.26 Å². The number of nitriles is 1. The van der Waals surface area contributed by atoms with Gasteiger partial charge in [0.1, 0.15) is 17.3 Å². The number of hydrogen-bond acceptors (Lipinski definition) is 10. The van der Waals surface area contributed by atoms with E-state index >= 15 is 0 Å². The maximum absolute atomic E-state index is 12.9. The van der Waals surface area contributed by atoms with Crippen molar-refractivity contribution in [1.82, 2.24) is 25.3 Å². The molecule has 1 aliphatic rings. The second-order valence-electron chi connectivity index (χ2n) is 7.59. The predicted octanol–water partition coefficient (Wildman–Crippen LogP) is 2.84. The minimum absolute atomic E-state index is 0.0612. The van der Waals surface area contributed by atoms with Gasteiger partial charge in [-0.05, 0) is 19.4 Å². The highest BCUT2D eigenvalue weighted by Crippen LogP contribution is 2.39. The van der Waals surface area contributed by atoms with E-state index in [0.717, 1.165) is 11.3 Å². The number of amides is 1. The van der Waals surface area contributed by atoms with Gasteiger partial charge in [-0.3, -0.25) is 4.79 Å². The monoisotopic (exact) mass is 517 g/mol. The Morgan fingerprint density at radius 1 is 1.40 bits per heavy atom. The summed E-state index contributed by atoms with van der Waals surface area (Å²) in [5, 5.41) is 22.2. The number of piperidine rings is 1. The Kier molecular flexibility index (Phi) is 7.15. The largest absolute Gasteiger partial charge is 0.512 e. The summed E-state index contributed by atoms with van der Waals surface area (Å²) in [6, 6.07) is 3.25. The number of aromatic nitrogens is 4. The minimum Gasteiger partial charge on any atom is -0.449 e. The van der Waals surface area contributed by atoms with Crippen LogP contribution < -0.4 is 15.0 Å². The second-order valence-corrected chi connectivity index (χ2v) is 8.91. The van der Waals surface area contributed by atoms with Crippen molar-refractivity contribution >= 4 is 40.1 Å². The fraction of sp³-hybridized carbons (Fsp3) is 0.333. The summed E-state index contributed by atoms with van der Waals surface area (Å²) < 4.78 is 10.6. The lowest BCUT2D eigenvalue weighted by atomic mass is 10.0. The van der Waals surface area contributed by atoms with Crippen LogP contribution in [0.1, 0.15) is 28.2 Å². The van der Waals surface area contributed by atoms with Crippen molar-refractivity contribution in [3.63, 3.8) is 0 Å². The van der Waals surface area contributed by atoms with Crippen molar-refractivity contribution < 1.29 is 24.2 Å². The van der Waals surface area contributed by atoms with E-state index in [1.807, 2.05) is 11.0 Å². The number of rotatable bonds is 6. The summed E-state index contributed by atoms with van der Waals surface area (Å²) in [5.74, 6) is -0.211. The number of halogens is 1. The topological polar surface area (TPSA) is 166 Å². The Morgan fingerprint density at radius 3 is 2.80 bits per heavy atom. The Labute approximate surface area is 208 Å². The Balaban J connectivity index is 1.52. The summed E-state index contributed by atoms with van der Waals surface area (Å²) in [4.78, 5) is 41.6. The average molecular weight is 518 g/mol. The molecule has 2 atom stereocenters. The van der Waals surface area contributed by atoms with Crippen molar-refractivity contribution in [3.8, 4) is 22.7 Å². The van der Waals surface area contributed by atoms with Gasteiger partial charge in [0, 0.05) is 38.3 Å². The van der Waals surface area contributed by atoms with E-state index in [9.17, 15) is 14.9 Å². The number of carboxylic acid groups (broad SMARTS) is 1. The minimum atomic E-state index is -1.47. The van der Waals surface area contributed by atoms with E-state index in [1.165, 1.54) is 19.5 Å². The van der Waals surface area contributed by atoms with E-state index in [-0.39, 0.29) is 38.9 Å². The third-order valence-electron chi connectivity index (χ3n) is 5.44. The summed E-state index contributed by atoms with van der Waals surface area (Å²) in [6.07, 6.45) is 1.68. The Morgan fingerprint density at radius 2 is 2.14 bits per heavy atom. The van der Waals surface area contributed by atoms with Crippen LogP contribution in [-0.4, -0.2) is 69.5 Å². The first-order valence-corrected chi connectivity index (χ1v) is 11.6. The van der Waals surface area contributed by atoms with Crippen LogP contribution in [0.2, 0.25) is 5.02 Å². The van der Waals surface area contributed by atoms with Gasteiger partial charge in [0.25, 0.3) is 5.91 Å². The molecular formula is C21H20ClN7O5S. The zero-order valence-electron chi connectivity index (χ0n) is 18.6. The number of thiazole rings is 1. The molecule has 4 heterocycles. The van der Waals surface area contributed by atoms with E-state index in [1.54, 1.807) is 13.0 Å². The fourth-order valence-corrected chi connectivity index (χ4v) is 4.88. The smallest absolute Gasteiger partial charge is 0.449 e. The number of aromatic amines is 1. The van der Waals surface area contributed by atoms with Gasteiger partial charge in [-0.2, -0.15) is 5.26 Å². The lowest BCUT2D eigenvalue weighted by molar-refractivity contribution is 0.0540. The molecule has 1 amide bonds. The molecule has 0 radical (unpaired) electrons. The molecular weight excluding hydrogens is 498 g/mol. The van der Waals surface area contributed by atoms with Crippen LogP contribution in [0.5, 0.6) is 5.06 Å². The number of ether oxygens (including phenoxy) is 2. The van der Waals surface area contributed by atoms with E-state index in [4.69, 9.17) is 26.2 Å². The van der Waals surface area contributed by atoms with Crippen LogP contribution in [-0.2, 0) is 4.74 Å². The molecule has 3 aromatic rings. The molecule has 3 N–H and O–H groups in total. The van der Waals surface area contributed by atoms with Crippen LogP contribution in [0.4, 0.5) is 9.93 Å². The molecule has 0 aromatic carbocycles. The van der Waals surface area contributed by atoms with Gasteiger partial charge in [-0.25, -0.2) is 19.7 Å². The molecule has 3 aromatic heterocycles. The zero-order valence-corrected chi connectivity index (χ0v) is 20.2. The standard InChI is InChI=1S/C21H20ClN7O5S/c1-10-14(22)11(8-23)15(26-10)18(30)27-12-4-7-29(9-13(12)33-2)20-28-16(17-24-5-3-6-25-17)19(35-20)34-21(31)32/h3,5-6,12-13,26H,4,7,9H2,1-2H3,(H,27,30)(H,31,32)/t12-,13+/m1/s1. The fourth-order valence-electron chi connectivity index (χ4n) is 3.75. The maximum atomic E-state index is 12.9. The summed E-state index contributed by atoms with van der Waals surface area (Å²) in [5.41, 5.74) is 0.959. The van der Waals surface area contributed by atoms with Crippen molar-refractivity contribution in [2.24, 2.45) is 0 Å². The van der Waals surface area contributed by atoms with Gasteiger partial charge < -0.3 is 29.8 Å². The Bertz CT molecular complexity index is 1290. The van der Waals surface area contributed by atoms with E-state index < -0.39 is 18.2 Å². The number of H-pyrrole nitrogens is 1. The molecule has 4 rings (SSSR count). The van der Waals surface area contributed by atoms with Crippen LogP contribution >= 0.6 is 22.9 Å². The molecule has 1 saturated heterocycles. The number of carbonyl (C=O) groups excluding carboxylic acids is 1. The molecule has 0 aliphatic carbocycles. The quantitative estimate of drug-likeness (QED) is 0.413. The molecule has 1 aliphatic heterocycles. The van der Waals surface area contributed by atoms with Crippen LogP contribution in [0, 0.1) is 18.3 Å². The van der Waals surface area contributed by atoms with Gasteiger partial charge in [0.2, 0.25) is 5.06 Å². The first-order chi connectivity index (χ1) is 16.8. The van der Waals surface area contributed by atoms with Gasteiger partial charge in [-0.15, -0.1) is 0 Å². The van der Waals surface area contributed by atoms with E-state index in [2.05, 4.69) is 25.3 Å². The first kappa shape index (κ1) is 24.4. The second kappa shape index (κ2) is 10.3. The van der Waals surface area contributed by atoms with Crippen LogP contribution in [0.15, 0.2) is 18.5 Å². The van der Waals surface area contributed by atoms with Gasteiger partial charge >= 0.3 is 6.16 Å². The van der Waals surface area contributed by atoms with E-state index in [0.29, 0.717) is 30.3 Å². The molecule has 12 nitrogen and oxygen atoms in total. The Hall–Kier alpha value is -3.73. The zero-order chi connectivity index (χ0) is 25.1. The van der Waals surface area contributed by atoms with Gasteiger partial charge in [0.05, 0.1) is 17.2 Å². The number of methoxy groups -OCH3 is 1. The third-order valence-corrected chi connectivity index (χ3v) is 6.91. The molecule has 14 heteroatoms. The molecule has 1 fully saturated rings. The number of hydrogen-bond donors (Lipinski definition) is 3. The van der Waals surface area contributed by atoms with Crippen molar-refractivity contribution in [2.45, 2.75) is 25.5 Å². The van der Waals surface area contributed by atoms with Crippen molar-refractivity contribution in [3.05, 3.63) is 40.4 Å². The number of carbonyl (C=O) groups is 2. The summed E-state index contributed by atoms with van der Waals surface area (Å²) in [7, 11) is 1.54. The molecule has 0 unspecified atom stereocenters. The molecule has 0 bridgehead atoms. The lowest BCUT2D eigenvalue weighted by Gasteiger charge is -2.37. The molecule has 0 spiro atoms. The first-order valence-electron chi connectivity index (χ1n) is 10.4. The highest BCUT2D eigenvalue weighted by molar-refractivity contribution is 7.18. The molecule has 35 heavy (non-hydrogen) atoms. The third kappa shape index (κ3) is 5.04. The van der Waals surface area contributed by atoms with Crippen LogP contribution in [0.3, 0.4) is 0 Å². The number of anilines is 1. The SMILES string of the molecule is CO[C@H]1CN(c2nc(-c3ncccn3)c(OC(=O)O)s2)CC[C@H]1NC(=O)c1[nH]c(C)c(Cl)c1C#N. The lowest BCUT2D eigenvalue weighted by Crippen LogP contribution is -2.55. The molecule has 182 valence electrons.